The minimum Gasteiger partial charge on any atom is -0.493 e. The van der Waals surface area contributed by atoms with Crippen LogP contribution >= 0.6 is 0 Å². The smallest absolute Gasteiger partial charge is 0.203 e. The number of methoxy groups -OCH3 is 4. The van der Waals surface area contributed by atoms with E-state index in [4.69, 9.17) is 28.4 Å². The Morgan fingerprint density at radius 3 is 1.69 bits per heavy atom. The molecule has 0 spiro atoms. The molecule has 32 heavy (non-hydrogen) atoms. The summed E-state index contributed by atoms with van der Waals surface area (Å²) in [6, 6.07) is 7.14. The molecule has 3 rings (SSSR count). The molecule has 9 heteroatoms. The number of hydrogen-bond acceptors (Lipinski definition) is 8. The maximum Gasteiger partial charge on any atom is 0.203 e. The van der Waals surface area contributed by atoms with Crippen LogP contribution in [0.15, 0.2) is 29.2 Å². The predicted molar refractivity (Wildman–Crippen MR) is 119 cm³/mol. The molecule has 1 saturated heterocycles. The summed E-state index contributed by atoms with van der Waals surface area (Å²) in [5.74, 6) is 2.21. The Morgan fingerprint density at radius 2 is 1.28 bits per heavy atom. The van der Waals surface area contributed by atoms with Gasteiger partial charge in [-0.2, -0.15) is 0 Å². The molecule has 1 heterocycles. The van der Waals surface area contributed by atoms with Gasteiger partial charge in [0, 0.05) is 6.26 Å². The van der Waals surface area contributed by atoms with Crippen LogP contribution in [0.4, 0.5) is 0 Å². The lowest BCUT2D eigenvalue weighted by atomic mass is 10.0. The number of benzene rings is 2. The fourth-order valence-corrected chi connectivity index (χ4v) is 4.76. The maximum absolute atomic E-state index is 12.4. The summed E-state index contributed by atoms with van der Waals surface area (Å²) >= 11 is 0. The van der Waals surface area contributed by atoms with Gasteiger partial charge in [0.05, 0.1) is 47.3 Å². The van der Waals surface area contributed by atoms with Gasteiger partial charge in [-0.05, 0) is 55.2 Å². The van der Waals surface area contributed by atoms with Crippen LogP contribution in [0.5, 0.6) is 28.7 Å². The molecule has 0 aromatic heterocycles. The molecule has 2 aromatic rings. The molecular weight excluding hydrogens is 436 g/mol. The van der Waals surface area contributed by atoms with Gasteiger partial charge in [0.15, 0.2) is 32.8 Å². The van der Waals surface area contributed by atoms with Crippen LogP contribution in [-0.4, -0.2) is 49.7 Å². The first kappa shape index (κ1) is 24.0. The number of sulfone groups is 1. The van der Waals surface area contributed by atoms with Gasteiger partial charge in [-0.1, -0.05) is 0 Å². The average molecular weight is 467 g/mol. The van der Waals surface area contributed by atoms with Gasteiger partial charge >= 0.3 is 0 Å². The van der Waals surface area contributed by atoms with Gasteiger partial charge in [0.2, 0.25) is 5.75 Å². The van der Waals surface area contributed by atoms with Gasteiger partial charge in [-0.15, -0.1) is 0 Å². The van der Waals surface area contributed by atoms with E-state index in [1.54, 1.807) is 40.4 Å². The molecule has 2 atom stereocenters. The van der Waals surface area contributed by atoms with Gasteiger partial charge < -0.3 is 28.4 Å². The zero-order valence-electron chi connectivity index (χ0n) is 19.3. The highest BCUT2D eigenvalue weighted by Gasteiger charge is 2.32. The molecule has 2 aromatic carbocycles. The summed E-state index contributed by atoms with van der Waals surface area (Å²) in [6.07, 6.45) is 2.09. The van der Waals surface area contributed by atoms with E-state index in [1.807, 2.05) is 12.1 Å². The number of rotatable bonds is 9. The van der Waals surface area contributed by atoms with Gasteiger partial charge in [-0.3, -0.25) is 0 Å². The van der Waals surface area contributed by atoms with E-state index in [2.05, 4.69) is 0 Å². The van der Waals surface area contributed by atoms with Crippen LogP contribution in [0.3, 0.4) is 0 Å². The quantitative estimate of drug-likeness (QED) is 0.545. The molecule has 0 radical (unpaired) electrons. The van der Waals surface area contributed by atoms with Crippen molar-refractivity contribution < 1.29 is 36.8 Å². The normalized spacial score (nSPS) is 18.3. The molecule has 0 bridgehead atoms. The Balaban J connectivity index is 1.96. The zero-order chi connectivity index (χ0) is 23.5. The molecular formula is C23H30O8S. The van der Waals surface area contributed by atoms with Gasteiger partial charge in [0.1, 0.15) is 4.90 Å². The van der Waals surface area contributed by atoms with Crippen molar-refractivity contribution >= 4 is 9.84 Å². The molecule has 8 nitrogen and oxygen atoms in total. The molecule has 0 aliphatic carbocycles. The molecule has 0 N–H and O–H groups in total. The summed E-state index contributed by atoms with van der Waals surface area (Å²) in [5, 5.41) is 0. The molecule has 2 unspecified atom stereocenters. The summed E-state index contributed by atoms with van der Waals surface area (Å²) < 4.78 is 58.5. The highest BCUT2D eigenvalue weighted by Crippen LogP contribution is 2.47. The van der Waals surface area contributed by atoms with E-state index >= 15 is 0 Å². The minimum atomic E-state index is -3.54. The second-order valence-electron chi connectivity index (χ2n) is 7.40. The zero-order valence-corrected chi connectivity index (χ0v) is 20.1. The SMILES string of the molecule is CCOc1c(OC)cc(C2CCC(c3cc(OC)c(OC)c(OC)c3)O2)cc1S(C)(=O)=O. The third kappa shape index (κ3) is 4.73. The third-order valence-electron chi connectivity index (χ3n) is 5.40. The second kappa shape index (κ2) is 9.87. The Morgan fingerprint density at radius 1 is 0.812 bits per heavy atom. The lowest BCUT2D eigenvalue weighted by Gasteiger charge is -2.20. The van der Waals surface area contributed by atoms with Crippen LogP contribution in [0.1, 0.15) is 43.1 Å². The average Bonchev–Trinajstić information content (AvgIpc) is 3.27. The van der Waals surface area contributed by atoms with Crippen LogP contribution < -0.4 is 23.7 Å². The second-order valence-corrected chi connectivity index (χ2v) is 9.39. The molecule has 1 fully saturated rings. The van der Waals surface area contributed by atoms with Gasteiger partial charge in [0.25, 0.3) is 0 Å². The van der Waals surface area contributed by atoms with E-state index in [9.17, 15) is 8.42 Å². The van der Waals surface area contributed by atoms with Crippen molar-refractivity contribution in [2.75, 3.05) is 41.3 Å². The van der Waals surface area contributed by atoms with Crippen molar-refractivity contribution in [3.05, 3.63) is 35.4 Å². The lowest BCUT2D eigenvalue weighted by molar-refractivity contribution is 0.0435. The van der Waals surface area contributed by atoms with E-state index in [0.717, 1.165) is 23.8 Å². The number of hydrogen-bond donors (Lipinski definition) is 0. The van der Waals surface area contributed by atoms with E-state index in [1.165, 1.54) is 7.11 Å². The Hall–Kier alpha value is -2.65. The first-order valence-corrected chi connectivity index (χ1v) is 12.2. The molecule has 0 saturated carbocycles. The van der Waals surface area contributed by atoms with Crippen molar-refractivity contribution in [2.24, 2.45) is 0 Å². The Bertz CT molecular complexity index is 1040. The van der Waals surface area contributed by atoms with Crippen LogP contribution in [0.2, 0.25) is 0 Å². The third-order valence-corrected chi connectivity index (χ3v) is 6.50. The number of ether oxygens (including phenoxy) is 6. The summed E-state index contributed by atoms with van der Waals surface area (Å²) in [6.45, 7) is 2.11. The maximum atomic E-state index is 12.4. The van der Waals surface area contributed by atoms with E-state index < -0.39 is 9.84 Å². The molecule has 1 aliphatic heterocycles. The summed E-state index contributed by atoms with van der Waals surface area (Å²) in [4.78, 5) is 0.0912. The largest absolute Gasteiger partial charge is 0.493 e. The first-order chi connectivity index (χ1) is 15.3. The van der Waals surface area contributed by atoms with E-state index in [-0.39, 0.29) is 22.9 Å². The molecule has 176 valence electrons. The fourth-order valence-electron chi connectivity index (χ4n) is 3.91. The van der Waals surface area contributed by atoms with Crippen LogP contribution in [-0.2, 0) is 14.6 Å². The van der Waals surface area contributed by atoms with Crippen LogP contribution in [0.25, 0.3) is 0 Å². The minimum absolute atomic E-state index is 0.0912. The highest BCUT2D eigenvalue weighted by atomic mass is 32.2. The predicted octanol–water partition coefficient (Wildman–Crippen LogP) is 4.12. The molecule has 0 amide bonds. The summed E-state index contributed by atoms with van der Waals surface area (Å²) in [7, 11) is 2.64. The first-order valence-electron chi connectivity index (χ1n) is 10.3. The van der Waals surface area contributed by atoms with E-state index in [0.29, 0.717) is 36.0 Å². The topological polar surface area (TPSA) is 89.5 Å². The van der Waals surface area contributed by atoms with Crippen LogP contribution in [0, 0.1) is 0 Å². The monoisotopic (exact) mass is 466 g/mol. The van der Waals surface area contributed by atoms with Crippen molar-refractivity contribution in [3.8, 4) is 28.7 Å². The Labute approximate surface area is 189 Å². The highest BCUT2D eigenvalue weighted by molar-refractivity contribution is 7.90. The summed E-state index contributed by atoms with van der Waals surface area (Å²) in [5.41, 5.74) is 1.61. The lowest BCUT2D eigenvalue weighted by Crippen LogP contribution is -2.08. The Kier molecular flexibility index (Phi) is 7.40. The van der Waals surface area contributed by atoms with Crippen molar-refractivity contribution in [1.29, 1.82) is 0 Å². The van der Waals surface area contributed by atoms with Crippen molar-refractivity contribution in [2.45, 2.75) is 36.9 Å². The standard InChI is InChI=1S/C23H30O8S/c1-7-30-23-20(28-4)12-15(13-21(23)32(6,24)25)17-9-8-16(31-17)14-10-18(26-2)22(29-5)19(11-14)27-3/h10-13,16-17H,7-9H2,1-6H3. The van der Waals surface area contributed by atoms with Crippen molar-refractivity contribution in [1.82, 2.24) is 0 Å². The fraction of sp³-hybridized carbons (Fsp3) is 0.478. The molecule has 1 aliphatic rings. The van der Waals surface area contributed by atoms with Gasteiger partial charge in [-0.25, -0.2) is 8.42 Å². The van der Waals surface area contributed by atoms with Crippen molar-refractivity contribution in [3.63, 3.8) is 0 Å².